The van der Waals surface area contributed by atoms with Gasteiger partial charge in [0.15, 0.2) is 4.90 Å². The molecule has 0 aliphatic rings. The van der Waals surface area contributed by atoms with Gasteiger partial charge in [-0.25, -0.2) is 17.9 Å². The Labute approximate surface area is 121 Å². The quantitative estimate of drug-likeness (QED) is 0.670. The van der Waals surface area contributed by atoms with Crippen molar-refractivity contribution in [3.63, 3.8) is 0 Å². The SMILES string of the molecule is Cc1[nH]c(=O)[nH]c(=O)c1S(=O)(=O)NCCSC(C)(C)C. The molecule has 0 aliphatic heterocycles. The van der Waals surface area contributed by atoms with E-state index in [1.807, 2.05) is 25.8 Å². The zero-order valence-electron chi connectivity index (χ0n) is 11.9. The molecule has 3 N–H and O–H groups in total. The molecule has 0 aliphatic carbocycles. The molecule has 0 atom stereocenters. The molecule has 114 valence electrons. The van der Waals surface area contributed by atoms with Crippen LogP contribution in [0.1, 0.15) is 26.5 Å². The van der Waals surface area contributed by atoms with Gasteiger partial charge in [-0.2, -0.15) is 11.8 Å². The molecule has 0 radical (unpaired) electrons. The van der Waals surface area contributed by atoms with Gasteiger partial charge < -0.3 is 4.98 Å². The van der Waals surface area contributed by atoms with Crippen molar-refractivity contribution < 1.29 is 8.42 Å². The summed E-state index contributed by atoms with van der Waals surface area (Å²) in [5.74, 6) is 0.586. The second kappa shape index (κ2) is 6.15. The summed E-state index contributed by atoms with van der Waals surface area (Å²) in [6, 6.07) is 0. The molecule has 7 nitrogen and oxygen atoms in total. The molecule has 0 spiro atoms. The Morgan fingerprint density at radius 1 is 1.20 bits per heavy atom. The Morgan fingerprint density at radius 3 is 2.30 bits per heavy atom. The van der Waals surface area contributed by atoms with Gasteiger partial charge in [-0.1, -0.05) is 20.8 Å². The van der Waals surface area contributed by atoms with Crippen molar-refractivity contribution in [2.45, 2.75) is 37.3 Å². The molecular formula is C11H19N3O4S2. The number of hydrogen-bond acceptors (Lipinski definition) is 5. The molecule has 0 saturated heterocycles. The highest BCUT2D eigenvalue weighted by molar-refractivity contribution is 8.00. The van der Waals surface area contributed by atoms with Crippen LogP contribution in [-0.4, -0.2) is 35.4 Å². The fourth-order valence-corrected chi connectivity index (χ4v) is 3.73. The average molecular weight is 321 g/mol. The third-order valence-electron chi connectivity index (χ3n) is 2.27. The number of nitrogens with one attached hydrogen (secondary N) is 3. The number of hydrogen-bond donors (Lipinski definition) is 3. The summed E-state index contributed by atoms with van der Waals surface area (Å²) in [5.41, 5.74) is -1.62. The normalized spacial score (nSPS) is 12.6. The first-order valence-electron chi connectivity index (χ1n) is 6.00. The number of aromatic amines is 2. The summed E-state index contributed by atoms with van der Waals surface area (Å²) >= 11 is 1.61. The summed E-state index contributed by atoms with van der Waals surface area (Å²) in [5, 5.41) is 0. The lowest BCUT2D eigenvalue weighted by molar-refractivity contribution is 0.580. The Bertz CT molecular complexity index is 683. The van der Waals surface area contributed by atoms with Gasteiger partial charge in [0, 0.05) is 22.7 Å². The van der Waals surface area contributed by atoms with Crippen LogP contribution in [-0.2, 0) is 10.0 Å². The van der Waals surface area contributed by atoms with Crippen LogP contribution in [0.5, 0.6) is 0 Å². The van der Waals surface area contributed by atoms with Gasteiger partial charge in [0.2, 0.25) is 10.0 Å². The fourth-order valence-electron chi connectivity index (χ4n) is 1.52. The highest BCUT2D eigenvalue weighted by Crippen LogP contribution is 2.22. The van der Waals surface area contributed by atoms with E-state index in [1.54, 1.807) is 11.8 Å². The van der Waals surface area contributed by atoms with Crippen molar-refractivity contribution in [3.8, 4) is 0 Å². The van der Waals surface area contributed by atoms with E-state index in [0.29, 0.717) is 5.75 Å². The van der Waals surface area contributed by atoms with Crippen LogP contribution in [0, 0.1) is 6.92 Å². The molecule has 9 heteroatoms. The van der Waals surface area contributed by atoms with E-state index >= 15 is 0 Å². The molecule has 1 aromatic heterocycles. The molecule has 0 saturated carbocycles. The second-order valence-corrected chi connectivity index (χ2v) is 8.85. The van der Waals surface area contributed by atoms with Crippen LogP contribution in [0.25, 0.3) is 0 Å². The van der Waals surface area contributed by atoms with Crippen molar-refractivity contribution in [1.82, 2.24) is 14.7 Å². The summed E-state index contributed by atoms with van der Waals surface area (Å²) in [4.78, 5) is 26.4. The smallest absolute Gasteiger partial charge is 0.310 e. The molecule has 1 heterocycles. The van der Waals surface area contributed by atoms with Crippen LogP contribution < -0.4 is 16.0 Å². The van der Waals surface area contributed by atoms with E-state index in [0.717, 1.165) is 0 Å². The van der Waals surface area contributed by atoms with E-state index in [1.165, 1.54) is 6.92 Å². The van der Waals surface area contributed by atoms with Crippen molar-refractivity contribution in [3.05, 3.63) is 26.5 Å². The second-order valence-electron chi connectivity index (χ2n) is 5.22. The van der Waals surface area contributed by atoms with Gasteiger partial charge >= 0.3 is 5.69 Å². The summed E-state index contributed by atoms with van der Waals surface area (Å²) in [6.07, 6.45) is 0. The molecule has 20 heavy (non-hydrogen) atoms. The minimum Gasteiger partial charge on any atom is -0.310 e. The first-order valence-corrected chi connectivity index (χ1v) is 8.46. The summed E-state index contributed by atoms with van der Waals surface area (Å²) < 4.78 is 26.5. The Hall–Kier alpha value is -1.06. The number of H-pyrrole nitrogens is 2. The molecule has 1 rings (SSSR count). The predicted molar refractivity (Wildman–Crippen MR) is 79.8 cm³/mol. The first-order chi connectivity index (χ1) is 9.03. The lowest BCUT2D eigenvalue weighted by Gasteiger charge is -2.17. The molecule has 1 aromatic rings. The molecular weight excluding hydrogens is 302 g/mol. The van der Waals surface area contributed by atoms with Crippen LogP contribution in [0.3, 0.4) is 0 Å². The third-order valence-corrected chi connectivity index (χ3v) is 5.16. The fraction of sp³-hybridized carbons (Fsp3) is 0.636. The summed E-state index contributed by atoms with van der Waals surface area (Å²) in [6.45, 7) is 7.67. The van der Waals surface area contributed by atoms with Crippen LogP contribution in [0.15, 0.2) is 14.5 Å². The minimum absolute atomic E-state index is 0.0229. The van der Waals surface area contributed by atoms with E-state index in [4.69, 9.17) is 0 Å². The maximum atomic E-state index is 12.0. The monoisotopic (exact) mass is 321 g/mol. The number of thioether (sulfide) groups is 1. The van der Waals surface area contributed by atoms with Gasteiger partial charge in [0.1, 0.15) is 0 Å². The van der Waals surface area contributed by atoms with Crippen molar-refractivity contribution in [2.24, 2.45) is 0 Å². The van der Waals surface area contributed by atoms with Gasteiger partial charge in [0.05, 0.1) is 0 Å². The highest BCUT2D eigenvalue weighted by Gasteiger charge is 2.22. The van der Waals surface area contributed by atoms with Crippen molar-refractivity contribution in [2.75, 3.05) is 12.3 Å². The lowest BCUT2D eigenvalue weighted by atomic mass is 10.3. The number of rotatable bonds is 5. The number of sulfonamides is 1. The van der Waals surface area contributed by atoms with Gasteiger partial charge in [0.25, 0.3) is 5.56 Å². The number of aromatic nitrogens is 2. The Morgan fingerprint density at radius 2 is 1.80 bits per heavy atom. The van der Waals surface area contributed by atoms with E-state index < -0.39 is 26.2 Å². The zero-order valence-corrected chi connectivity index (χ0v) is 13.5. The van der Waals surface area contributed by atoms with Gasteiger partial charge in [-0.05, 0) is 6.92 Å². The maximum Gasteiger partial charge on any atom is 0.325 e. The minimum atomic E-state index is -3.93. The van der Waals surface area contributed by atoms with E-state index in [-0.39, 0.29) is 17.0 Å². The zero-order chi connectivity index (χ0) is 15.6. The van der Waals surface area contributed by atoms with Crippen molar-refractivity contribution in [1.29, 1.82) is 0 Å². The molecule has 0 bridgehead atoms. The third kappa shape index (κ3) is 4.80. The van der Waals surface area contributed by atoms with E-state index in [2.05, 4.69) is 9.71 Å². The van der Waals surface area contributed by atoms with Crippen LogP contribution >= 0.6 is 11.8 Å². The van der Waals surface area contributed by atoms with Crippen LogP contribution in [0.4, 0.5) is 0 Å². The number of aryl methyl sites for hydroxylation is 1. The average Bonchev–Trinajstić information content (AvgIpc) is 2.21. The largest absolute Gasteiger partial charge is 0.325 e. The topological polar surface area (TPSA) is 112 Å². The maximum absolute atomic E-state index is 12.0. The predicted octanol–water partition coefficient (Wildman–Crippen LogP) is 0.182. The van der Waals surface area contributed by atoms with E-state index in [9.17, 15) is 18.0 Å². The molecule has 0 unspecified atom stereocenters. The standard InChI is InChI=1S/C11H19N3O4S2/c1-7-8(9(15)14-10(16)13-7)20(17,18)12-5-6-19-11(2,3)4/h12H,5-6H2,1-4H3,(H2,13,14,15,16). The van der Waals surface area contributed by atoms with Crippen LogP contribution in [0.2, 0.25) is 0 Å². The Kier molecular flexibility index (Phi) is 5.22. The molecule has 0 aromatic carbocycles. The van der Waals surface area contributed by atoms with Gasteiger partial charge in [-0.3, -0.25) is 9.78 Å². The summed E-state index contributed by atoms with van der Waals surface area (Å²) in [7, 11) is -3.93. The first kappa shape index (κ1) is 17.0. The highest BCUT2D eigenvalue weighted by atomic mass is 32.2. The molecule has 0 amide bonds. The lowest BCUT2D eigenvalue weighted by Crippen LogP contribution is -2.35. The molecule has 0 fully saturated rings. The Balaban J connectivity index is 2.86. The van der Waals surface area contributed by atoms with Crippen molar-refractivity contribution >= 4 is 21.8 Å². The van der Waals surface area contributed by atoms with Gasteiger partial charge in [-0.15, -0.1) is 0 Å².